The molecule has 0 spiro atoms. The maximum absolute atomic E-state index is 13.3. The first-order valence-corrected chi connectivity index (χ1v) is 15.1. The molecule has 1 aromatic rings. The topological polar surface area (TPSA) is 130 Å². The van der Waals surface area contributed by atoms with Crippen LogP contribution in [0.5, 0.6) is 0 Å². The molecule has 0 saturated heterocycles. The highest BCUT2D eigenvalue weighted by Crippen LogP contribution is 2.48. The minimum Gasteiger partial charge on any atom is -0.458 e. The van der Waals surface area contributed by atoms with Gasteiger partial charge in [-0.15, -0.1) is 0 Å². The lowest BCUT2D eigenvalue weighted by atomic mass is 9.65. The molecule has 2 unspecified atom stereocenters. The Labute approximate surface area is 242 Å². The van der Waals surface area contributed by atoms with Crippen LogP contribution < -0.4 is 5.32 Å². The fraction of sp³-hybridized carbons (Fsp3) is 0.688. The summed E-state index contributed by atoms with van der Waals surface area (Å²) >= 11 is 0. The van der Waals surface area contributed by atoms with E-state index < -0.39 is 42.0 Å². The number of rotatable bonds is 7. The summed E-state index contributed by atoms with van der Waals surface area (Å²) in [5, 5.41) is 26.8. The molecule has 2 heterocycles. The molecule has 11 atom stereocenters. The second-order valence-corrected chi connectivity index (χ2v) is 12.9. The van der Waals surface area contributed by atoms with Crippen LogP contribution in [-0.4, -0.2) is 76.3 Å². The standard InChI is InChI=1S/C32H46N2O7/c1-17-13-18(2)32(38)16-21(24-15-26(35)19(3)29(24)41-30(36)25-7-6-12-33-25)8-9-22(32)14-27(39-5)31(37)40-28(17)20(4)34-23-10-11-23/h6-9,12-13,17,19-24,26-29,33-35,38H,10-11,14-16H2,1-5H3/b18-13+/t17-,19-,20?,21-,22?,24-,26+,27+,28+,29-,32+/m1/s1. The maximum atomic E-state index is 13.3. The quantitative estimate of drug-likeness (QED) is 0.289. The monoisotopic (exact) mass is 570 g/mol. The van der Waals surface area contributed by atoms with E-state index in [-0.39, 0.29) is 42.1 Å². The molecule has 1 aromatic heterocycles. The summed E-state index contributed by atoms with van der Waals surface area (Å²) in [6, 6.07) is 3.81. The molecule has 0 radical (unpaired) electrons. The van der Waals surface area contributed by atoms with Crippen molar-refractivity contribution in [3.05, 3.63) is 47.8 Å². The highest BCUT2D eigenvalue weighted by atomic mass is 16.6. The maximum Gasteiger partial charge on any atom is 0.355 e. The van der Waals surface area contributed by atoms with E-state index in [9.17, 15) is 19.8 Å². The average molecular weight is 571 g/mol. The van der Waals surface area contributed by atoms with Crippen LogP contribution in [0, 0.1) is 29.6 Å². The number of aliphatic hydroxyl groups excluding tert-OH is 1. The summed E-state index contributed by atoms with van der Waals surface area (Å²) in [5.41, 5.74) is -0.0509. The number of carbonyl (C=O) groups is 2. The Morgan fingerprint density at radius 2 is 2.00 bits per heavy atom. The Kier molecular flexibility index (Phi) is 8.81. The fourth-order valence-corrected chi connectivity index (χ4v) is 7.27. The number of cyclic esters (lactones) is 1. The first kappa shape index (κ1) is 30.0. The third-order valence-electron chi connectivity index (χ3n) is 9.97. The van der Waals surface area contributed by atoms with Gasteiger partial charge in [0.05, 0.1) is 11.7 Å². The van der Waals surface area contributed by atoms with Crippen LogP contribution in [0.25, 0.3) is 0 Å². The summed E-state index contributed by atoms with van der Waals surface area (Å²) < 4.78 is 17.6. The van der Waals surface area contributed by atoms with Gasteiger partial charge in [0.2, 0.25) is 0 Å². The molecule has 9 heteroatoms. The molecule has 41 heavy (non-hydrogen) atoms. The van der Waals surface area contributed by atoms with E-state index in [0.29, 0.717) is 24.6 Å². The summed E-state index contributed by atoms with van der Waals surface area (Å²) in [4.78, 5) is 29.0. The minimum atomic E-state index is -1.25. The Bertz CT molecular complexity index is 1140. The SMILES string of the molecule is CO[C@H]1CC2C=C[C@@H]([C@H]3C[C@H](O)[C@@H](C)[C@H]3OC(=O)c3ccc[nH]3)C[C@]2(O)/C(C)=C/[C@@H](C)[C@@H](C(C)NC2CC2)OC1=O. The number of hydrogen-bond acceptors (Lipinski definition) is 8. The van der Waals surface area contributed by atoms with Crippen molar-refractivity contribution in [3.8, 4) is 0 Å². The predicted molar refractivity (Wildman–Crippen MR) is 153 cm³/mol. The molecule has 9 nitrogen and oxygen atoms in total. The summed E-state index contributed by atoms with van der Waals surface area (Å²) in [5.74, 6) is -1.93. The van der Waals surface area contributed by atoms with Gasteiger partial charge in [0.1, 0.15) is 17.9 Å². The third kappa shape index (κ3) is 6.19. The smallest absolute Gasteiger partial charge is 0.355 e. The highest BCUT2D eigenvalue weighted by Gasteiger charge is 2.51. The average Bonchev–Trinajstić information content (AvgIpc) is 3.48. The Hall–Kier alpha value is -2.46. The first-order valence-electron chi connectivity index (χ1n) is 15.1. The number of allylic oxidation sites excluding steroid dienone is 1. The number of fused-ring (bicyclic) bond motifs is 1. The van der Waals surface area contributed by atoms with E-state index in [4.69, 9.17) is 14.2 Å². The number of esters is 2. The Balaban J connectivity index is 1.43. The van der Waals surface area contributed by atoms with Gasteiger partial charge in [-0.05, 0) is 69.6 Å². The van der Waals surface area contributed by atoms with E-state index in [1.165, 1.54) is 7.11 Å². The molecule has 4 aliphatic rings. The van der Waals surface area contributed by atoms with Crippen molar-refractivity contribution < 1.29 is 34.0 Å². The number of nitrogens with one attached hydrogen (secondary N) is 2. The van der Waals surface area contributed by atoms with Crippen molar-refractivity contribution >= 4 is 11.9 Å². The van der Waals surface area contributed by atoms with Crippen LogP contribution in [-0.2, 0) is 19.0 Å². The predicted octanol–water partition coefficient (Wildman–Crippen LogP) is 3.53. The molecule has 4 N–H and O–H groups in total. The number of aliphatic hydroxyl groups is 2. The molecule has 226 valence electrons. The summed E-state index contributed by atoms with van der Waals surface area (Å²) in [6.45, 7) is 7.93. The molecule has 1 aliphatic heterocycles. The molecule has 3 aliphatic carbocycles. The number of ether oxygens (including phenoxy) is 3. The second-order valence-electron chi connectivity index (χ2n) is 12.9. The lowest BCUT2D eigenvalue weighted by molar-refractivity contribution is -0.166. The van der Waals surface area contributed by atoms with Crippen molar-refractivity contribution in [1.82, 2.24) is 10.3 Å². The molecule has 0 bridgehead atoms. The zero-order chi connectivity index (χ0) is 29.5. The number of carbonyl (C=O) groups excluding carboxylic acids is 2. The molecule has 2 saturated carbocycles. The van der Waals surface area contributed by atoms with Crippen LogP contribution >= 0.6 is 0 Å². The fourth-order valence-electron chi connectivity index (χ4n) is 7.27. The number of aromatic nitrogens is 1. The van der Waals surface area contributed by atoms with Gasteiger partial charge in [0.25, 0.3) is 0 Å². The van der Waals surface area contributed by atoms with Gasteiger partial charge < -0.3 is 34.7 Å². The van der Waals surface area contributed by atoms with Gasteiger partial charge >= 0.3 is 11.9 Å². The summed E-state index contributed by atoms with van der Waals surface area (Å²) in [7, 11) is 1.50. The minimum absolute atomic E-state index is 0.0524. The van der Waals surface area contributed by atoms with Crippen LogP contribution in [0.15, 0.2) is 42.1 Å². The van der Waals surface area contributed by atoms with Crippen LogP contribution in [0.1, 0.15) is 70.3 Å². The van der Waals surface area contributed by atoms with E-state index in [1.54, 1.807) is 18.3 Å². The van der Waals surface area contributed by atoms with Gasteiger partial charge in [0, 0.05) is 49.1 Å². The van der Waals surface area contributed by atoms with Crippen molar-refractivity contribution in [2.75, 3.05) is 7.11 Å². The van der Waals surface area contributed by atoms with E-state index in [0.717, 1.165) is 18.4 Å². The van der Waals surface area contributed by atoms with Crippen molar-refractivity contribution in [2.24, 2.45) is 29.6 Å². The van der Waals surface area contributed by atoms with E-state index in [1.807, 2.05) is 39.8 Å². The number of hydrogen-bond donors (Lipinski definition) is 4. The zero-order valence-corrected chi connectivity index (χ0v) is 24.8. The highest BCUT2D eigenvalue weighted by molar-refractivity contribution is 5.87. The molecular formula is C32H46N2O7. The van der Waals surface area contributed by atoms with E-state index >= 15 is 0 Å². The van der Waals surface area contributed by atoms with Gasteiger partial charge in [-0.2, -0.15) is 0 Å². The Morgan fingerprint density at radius 3 is 2.66 bits per heavy atom. The number of methoxy groups -OCH3 is 1. The molecular weight excluding hydrogens is 524 g/mol. The lowest BCUT2D eigenvalue weighted by Gasteiger charge is -2.45. The van der Waals surface area contributed by atoms with Crippen molar-refractivity contribution in [3.63, 3.8) is 0 Å². The first-order chi connectivity index (χ1) is 19.5. The van der Waals surface area contributed by atoms with E-state index in [2.05, 4.69) is 16.4 Å². The normalized spacial score (nSPS) is 41.6. The number of H-pyrrole nitrogens is 1. The third-order valence-corrected chi connectivity index (χ3v) is 9.97. The van der Waals surface area contributed by atoms with Crippen LogP contribution in [0.2, 0.25) is 0 Å². The van der Waals surface area contributed by atoms with Crippen molar-refractivity contribution in [1.29, 1.82) is 0 Å². The summed E-state index contributed by atoms with van der Waals surface area (Å²) in [6.07, 6.45) is 8.81. The second kappa shape index (κ2) is 12.0. The number of aromatic amines is 1. The van der Waals surface area contributed by atoms with Crippen molar-refractivity contribution in [2.45, 2.75) is 102 Å². The molecule has 5 rings (SSSR count). The van der Waals surface area contributed by atoms with Gasteiger partial charge in [-0.3, -0.25) is 0 Å². The van der Waals surface area contributed by atoms with Gasteiger partial charge in [0.15, 0.2) is 6.10 Å². The zero-order valence-electron chi connectivity index (χ0n) is 24.8. The van der Waals surface area contributed by atoms with Gasteiger partial charge in [-0.25, -0.2) is 9.59 Å². The molecule has 2 fully saturated rings. The van der Waals surface area contributed by atoms with Crippen LogP contribution in [0.4, 0.5) is 0 Å². The Morgan fingerprint density at radius 1 is 1.24 bits per heavy atom. The molecule has 0 aromatic carbocycles. The lowest BCUT2D eigenvalue weighted by Crippen LogP contribution is -2.50. The largest absolute Gasteiger partial charge is 0.458 e. The van der Waals surface area contributed by atoms with Gasteiger partial charge in [-0.1, -0.05) is 32.1 Å². The molecule has 0 amide bonds. The van der Waals surface area contributed by atoms with Crippen LogP contribution in [0.3, 0.4) is 0 Å².